The topological polar surface area (TPSA) is 77.2 Å². The molecular weight excluding hydrogens is 436 g/mol. The molecule has 7 nitrogen and oxygen atoms in total. The Labute approximate surface area is 210 Å². The SMILES string of the molecule is CC(C)CN(C)C.CCNC(=O)C1=CC=CCc2[nH]c(CN(C)C3CCCc4cccnc43)nc21. The van der Waals surface area contributed by atoms with Crippen molar-refractivity contribution in [3.8, 4) is 0 Å². The summed E-state index contributed by atoms with van der Waals surface area (Å²) < 4.78 is 0. The number of carbonyl (C=O) groups excluding carboxylic acids is 1. The summed E-state index contributed by atoms with van der Waals surface area (Å²) in [5, 5.41) is 2.88. The predicted octanol–water partition coefficient (Wildman–Crippen LogP) is 4.15. The summed E-state index contributed by atoms with van der Waals surface area (Å²) in [6.45, 7) is 8.86. The fourth-order valence-corrected chi connectivity index (χ4v) is 4.87. The first kappa shape index (κ1) is 26.8. The van der Waals surface area contributed by atoms with Crippen molar-refractivity contribution in [3.63, 3.8) is 0 Å². The van der Waals surface area contributed by atoms with E-state index in [-0.39, 0.29) is 5.91 Å². The number of aromatic nitrogens is 3. The molecule has 0 bridgehead atoms. The van der Waals surface area contributed by atoms with Gasteiger partial charge in [-0.15, -0.1) is 0 Å². The smallest absolute Gasteiger partial charge is 0.253 e. The van der Waals surface area contributed by atoms with Gasteiger partial charge in [0.1, 0.15) is 5.82 Å². The molecule has 2 aromatic heterocycles. The number of hydrogen-bond donors (Lipinski definition) is 2. The predicted molar refractivity (Wildman–Crippen MR) is 143 cm³/mol. The van der Waals surface area contributed by atoms with E-state index < -0.39 is 0 Å². The lowest BCUT2D eigenvalue weighted by molar-refractivity contribution is -0.115. The van der Waals surface area contributed by atoms with Gasteiger partial charge >= 0.3 is 0 Å². The van der Waals surface area contributed by atoms with Crippen LogP contribution in [0.4, 0.5) is 0 Å². The zero-order valence-electron chi connectivity index (χ0n) is 22.3. The molecule has 2 aromatic rings. The van der Waals surface area contributed by atoms with Gasteiger partial charge in [-0.2, -0.15) is 0 Å². The number of amides is 1. The Morgan fingerprint density at radius 2 is 2.09 bits per heavy atom. The van der Waals surface area contributed by atoms with Crippen molar-refractivity contribution >= 4 is 11.5 Å². The molecule has 1 unspecified atom stereocenters. The standard InChI is InChI=1S/C22H27N5O.C6H15N/c1-3-23-22(28)16-10-4-5-11-17-21(16)26-19(25-17)14-27(2)18-12-6-8-15-9-7-13-24-20(15)18;1-6(2)5-7(3)4/h4-5,7,9-10,13,18H,3,6,8,11-12,14H2,1-2H3,(H,23,28)(H,25,26);6H,5H2,1-4H3. The minimum atomic E-state index is -0.0767. The molecule has 2 heterocycles. The number of allylic oxidation sites excluding steroid dienone is 3. The number of pyridine rings is 1. The summed E-state index contributed by atoms with van der Waals surface area (Å²) in [5.41, 5.74) is 4.93. The number of imidazole rings is 1. The number of hydrogen-bond acceptors (Lipinski definition) is 5. The zero-order chi connectivity index (χ0) is 25.4. The number of nitrogens with zero attached hydrogens (tertiary/aromatic N) is 4. The number of carbonyl (C=O) groups is 1. The fraction of sp³-hybridized carbons (Fsp3) is 0.536. The quantitative estimate of drug-likeness (QED) is 0.625. The molecule has 35 heavy (non-hydrogen) atoms. The molecule has 0 fully saturated rings. The highest BCUT2D eigenvalue weighted by molar-refractivity contribution is 6.19. The first-order valence-corrected chi connectivity index (χ1v) is 12.8. The minimum Gasteiger partial charge on any atom is -0.352 e. The molecule has 2 aliphatic rings. The van der Waals surface area contributed by atoms with Crippen molar-refractivity contribution in [2.45, 2.75) is 59.0 Å². The molecule has 2 N–H and O–H groups in total. The second-order valence-corrected chi connectivity index (χ2v) is 10.1. The van der Waals surface area contributed by atoms with Crippen LogP contribution in [-0.4, -0.2) is 64.9 Å². The first-order chi connectivity index (χ1) is 16.8. The van der Waals surface area contributed by atoms with E-state index in [9.17, 15) is 4.79 Å². The largest absolute Gasteiger partial charge is 0.352 e. The van der Waals surface area contributed by atoms with Crippen LogP contribution in [0.5, 0.6) is 0 Å². The van der Waals surface area contributed by atoms with Gasteiger partial charge in [-0.05, 0) is 77.5 Å². The van der Waals surface area contributed by atoms with Crippen LogP contribution in [0, 0.1) is 5.92 Å². The number of likely N-dealkylation sites (N-methyl/N-ethyl adjacent to an activating group) is 1. The zero-order valence-corrected chi connectivity index (χ0v) is 22.3. The number of nitrogens with one attached hydrogen (secondary N) is 2. The van der Waals surface area contributed by atoms with Gasteiger partial charge < -0.3 is 15.2 Å². The summed E-state index contributed by atoms with van der Waals surface area (Å²) in [6.07, 6.45) is 11.9. The summed E-state index contributed by atoms with van der Waals surface area (Å²) in [4.78, 5) is 29.9. The average molecular weight is 479 g/mol. The highest BCUT2D eigenvalue weighted by Gasteiger charge is 2.26. The molecule has 0 radical (unpaired) electrons. The highest BCUT2D eigenvalue weighted by Crippen LogP contribution is 2.32. The van der Waals surface area contributed by atoms with Gasteiger partial charge in [0, 0.05) is 24.9 Å². The molecule has 1 amide bonds. The average Bonchev–Trinajstić information content (AvgIpc) is 3.09. The van der Waals surface area contributed by atoms with Crippen molar-refractivity contribution in [2.24, 2.45) is 5.92 Å². The highest BCUT2D eigenvalue weighted by atomic mass is 16.1. The number of rotatable bonds is 7. The van der Waals surface area contributed by atoms with Crippen LogP contribution in [0.25, 0.3) is 5.57 Å². The second-order valence-electron chi connectivity index (χ2n) is 10.1. The summed E-state index contributed by atoms with van der Waals surface area (Å²) in [7, 11) is 6.32. The van der Waals surface area contributed by atoms with E-state index in [0.717, 1.165) is 42.4 Å². The number of aromatic amines is 1. The van der Waals surface area contributed by atoms with E-state index in [4.69, 9.17) is 4.98 Å². The van der Waals surface area contributed by atoms with Crippen LogP contribution in [0.2, 0.25) is 0 Å². The van der Waals surface area contributed by atoms with Crippen molar-refractivity contribution in [2.75, 3.05) is 34.2 Å². The maximum atomic E-state index is 12.4. The monoisotopic (exact) mass is 478 g/mol. The molecule has 4 rings (SSSR count). The Bertz CT molecular complexity index is 1030. The molecule has 7 heteroatoms. The minimum absolute atomic E-state index is 0.0767. The number of H-pyrrole nitrogens is 1. The lowest BCUT2D eigenvalue weighted by Crippen LogP contribution is -2.28. The summed E-state index contributed by atoms with van der Waals surface area (Å²) >= 11 is 0. The third-order valence-electron chi connectivity index (χ3n) is 6.21. The van der Waals surface area contributed by atoms with Gasteiger partial charge in [0.05, 0.1) is 29.5 Å². The molecule has 0 saturated heterocycles. The van der Waals surface area contributed by atoms with Crippen LogP contribution in [0.1, 0.15) is 68.1 Å². The van der Waals surface area contributed by atoms with Crippen molar-refractivity contribution in [1.82, 2.24) is 30.1 Å². The molecule has 0 spiro atoms. The Balaban J connectivity index is 0.000000429. The fourth-order valence-electron chi connectivity index (χ4n) is 4.87. The van der Waals surface area contributed by atoms with Gasteiger partial charge in [0.25, 0.3) is 5.91 Å². The maximum absolute atomic E-state index is 12.4. The molecule has 190 valence electrons. The number of fused-ring (bicyclic) bond motifs is 2. The molecule has 0 aromatic carbocycles. The van der Waals surface area contributed by atoms with Crippen LogP contribution >= 0.6 is 0 Å². The Morgan fingerprint density at radius 3 is 2.77 bits per heavy atom. The third-order valence-corrected chi connectivity index (χ3v) is 6.21. The summed E-state index contributed by atoms with van der Waals surface area (Å²) in [6, 6.07) is 4.51. The molecule has 1 atom stereocenters. The summed E-state index contributed by atoms with van der Waals surface area (Å²) in [5.74, 6) is 1.61. The Morgan fingerprint density at radius 1 is 1.29 bits per heavy atom. The third kappa shape index (κ3) is 7.36. The van der Waals surface area contributed by atoms with Crippen LogP contribution in [0.3, 0.4) is 0 Å². The van der Waals surface area contributed by atoms with Gasteiger partial charge in [-0.25, -0.2) is 4.98 Å². The maximum Gasteiger partial charge on any atom is 0.253 e. The Kier molecular flexibility index (Phi) is 9.81. The van der Waals surface area contributed by atoms with E-state index in [1.54, 1.807) is 0 Å². The van der Waals surface area contributed by atoms with E-state index >= 15 is 0 Å². The lowest BCUT2D eigenvalue weighted by atomic mass is 9.91. The Hall–Kier alpha value is -2.77. The van der Waals surface area contributed by atoms with E-state index in [0.29, 0.717) is 24.7 Å². The van der Waals surface area contributed by atoms with Gasteiger partial charge in [0.15, 0.2) is 0 Å². The van der Waals surface area contributed by atoms with Crippen molar-refractivity contribution in [1.29, 1.82) is 0 Å². The molecule has 0 saturated carbocycles. The van der Waals surface area contributed by atoms with Crippen LogP contribution < -0.4 is 5.32 Å². The lowest BCUT2D eigenvalue weighted by Gasteiger charge is -2.31. The normalized spacial score (nSPS) is 16.8. The van der Waals surface area contributed by atoms with Gasteiger partial charge in [0.2, 0.25) is 0 Å². The van der Waals surface area contributed by atoms with Crippen LogP contribution in [0.15, 0.2) is 36.6 Å². The molecular formula is C28H42N6O. The molecule has 2 aliphatic carbocycles. The van der Waals surface area contributed by atoms with Crippen molar-refractivity contribution in [3.05, 3.63) is 65.0 Å². The van der Waals surface area contributed by atoms with Gasteiger partial charge in [-0.3, -0.25) is 14.7 Å². The van der Waals surface area contributed by atoms with Gasteiger partial charge in [-0.1, -0.05) is 32.1 Å². The van der Waals surface area contributed by atoms with Crippen LogP contribution in [-0.2, 0) is 24.2 Å². The first-order valence-electron chi connectivity index (χ1n) is 12.8. The van der Waals surface area contributed by atoms with E-state index in [2.05, 4.69) is 72.2 Å². The second kappa shape index (κ2) is 12.8. The molecule has 0 aliphatic heterocycles. The van der Waals surface area contributed by atoms with E-state index in [1.807, 2.05) is 31.3 Å². The van der Waals surface area contributed by atoms with Crippen molar-refractivity contribution < 1.29 is 4.79 Å². The number of aryl methyl sites for hydroxylation is 1. The van der Waals surface area contributed by atoms with E-state index in [1.165, 1.54) is 24.2 Å².